The first kappa shape index (κ1) is 30.3. The van der Waals surface area contributed by atoms with Crippen LogP contribution in [0.2, 0.25) is 0 Å². The number of rotatable bonds is 15. The lowest BCUT2D eigenvalue weighted by molar-refractivity contribution is -0.176. The van der Waals surface area contributed by atoms with E-state index >= 15 is 0 Å². The van der Waals surface area contributed by atoms with Crippen LogP contribution < -0.4 is 10.9 Å². The van der Waals surface area contributed by atoms with Gasteiger partial charge in [0.25, 0.3) is 11.5 Å². The molecule has 206 valence electrons. The highest BCUT2D eigenvalue weighted by Gasteiger charge is 2.34. The van der Waals surface area contributed by atoms with Crippen molar-refractivity contribution in [2.75, 3.05) is 55.0 Å². The molecule has 0 radical (unpaired) electrons. The number of carboxylic acids is 1. The zero-order chi connectivity index (χ0) is 27.7. The number of carbonyl (C=O) groups is 2. The molecule has 2 rings (SSSR count). The largest absolute Gasteiger partial charge is 0.479 e. The van der Waals surface area contributed by atoms with Crippen LogP contribution in [0.5, 0.6) is 0 Å². The van der Waals surface area contributed by atoms with Gasteiger partial charge < -0.3 is 38.8 Å². The molecule has 12 nitrogen and oxygen atoms in total. The summed E-state index contributed by atoms with van der Waals surface area (Å²) in [7, 11) is 6.58. The minimum atomic E-state index is -1.27. The van der Waals surface area contributed by atoms with Crippen LogP contribution in [0.25, 0.3) is 11.0 Å². The second-order valence-electron chi connectivity index (χ2n) is 9.16. The molecule has 2 N–H and O–H groups in total. The van der Waals surface area contributed by atoms with E-state index in [2.05, 4.69) is 10.3 Å². The Morgan fingerprint density at radius 2 is 1.73 bits per heavy atom. The number of nitrogens with one attached hydrogen (secondary N) is 1. The maximum absolute atomic E-state index is 13.6. The van der Waals surface area contributed by atoms with Crippen LogP contribution >= 0.6 is 0 Å². The molecule has 37 heavy (non-hydrogen) atoms. The van der Waals surface area contributed by atoms with Crippen molar-refractivity contribution in [3.63, 3.8) is 0 Å². The van der Waals surface area contributed by atoms with Gasteiger partial charge in [0.15, 0.2) is 11.8 Å². The molecule has 1 amide bonds. The number of nitrogens with zero attached hydrogens (tertiary/aromatic N) is 3. The molecule has 0 aliphatic heterocycles. The van der Waals surface area contributed by atoms with E-state index in [1.165, 1.54) is 18.8 Å². The van der Waals surface area contributed by atoms with E-state index in [0.717, 1.165) is 11.1 Å². The number of likely N-dealkylation sites (N-methyl/N-ethyl adjacent to an activating group) is 1. The number of amides is 1. The van der Waals surface area contributed by atoms with Crippen LogP contribution in [-0.4, -0.2) is 98.6 Å². The van der Waals surface area contributed by atoms with Gasteiger partial charge in [-0.15, -0.1) is 0 Å². The molecule has 1 aromatic heterocycles. The van der Waals surface area contributed by atoms with E-state index in [1.807, 2.05) is 45.0 Å². The summed E-state index contributed by atoms with van der Waals surface area (Å²) in [5, 5.41) is 12.5. The molecule has 0 saturated heterocycles. The van der Waals surface area contributed by atoms with Gasteiger partial charge in [-0.2, -0.15) is 0 Å². The predicted octanol–water partition coefficient (Wildman–Crippen LogP) is 1.00. The highest BCUT2D eigenvalue weighted by Crippen LogP contribution is 2.22. The van der Waals surface area contributed by atoms with Crippen molar-refractivity contribution < 1.29 is 33.6 Å². The quantitative estimate of drug-likeness (QED) is 0.325. The normalized spacial score (nSPS) is 14.1. The first-order chi connectivity index (χ1) is 17.5. The molecule has 0 unspecified atom stereocenters. The smallest absolute Gasteiger partial charge is 0.333 e. The number of hydrogen-bond donors (Lipinski definition) is 2. The summed E-state index contributed by atoms with van der Waals surface area (Å²) in [6.45, 7) is 5.97. The number of carbonyl (C=O) groups excluding carboxylic acids is 1. The zero-order valence-corrected chi connectivity index (χ0v) is 22.6. The number of fused-ring (bicyclic) bond motifs is 1. The second-order valence-corrected chi connectivity index (χ2v) is 9.16. The van der Waals surface area contributed by atoms with Crippen molar-refractivity contribution >= 4 is 22.9 Å². The van der Waals surface area contributed by atoms with Crippen LogP contribution in [0.15, 0.2) is 16.9 Å². The second kappa shape index (κ2) is 14.1. The molecular weight excluding hydrogens is 484 g/mol. The number of aryl methyl sites for hydroxylation is 2. The van der Waals surface area contributed by atoms with Gasteiger partial charge in [0.05, 0.1) is 23.7 Å². The third-order valence-corrected chi connectivity index (χ3v) is 6.06. The molecule has 0 aliphatic carbocycles. The van der Waals surface area contributed by atoms with Gasteiger partial charge in [0.1, 0.15) is 13.6 Å². The van der Waals surface area contributed by atoms with Crippen LogP contribution in [0.4, 0.5) is 0 Å². The molecular formula is C25H38N4O8. The Kier molecular flexibility index (Phi) is 11.6. The first-order valence-corrected chi connectivity index (χ1v) is 11.9. The first-order valence-electron chi connectivity index (χ1n) is 11.9. The molecule has 2 aromatic rings. The Hall–Kier alpha value is -2.90. The standard InChI is InChI=1S/C25H38N4O8/c1-15-10-18-19(11-16(15)2)29(24(31)21(27-18)23(30)26-8-9-28(4)5)12-20(36-13-34-6)17(3)22(25(32)33)37-14-35-7/h10-11,17,20,22H,8-9,12-14H2,1-7H3,(H,26,30)(H,32,33)/t17-,20-,22-/m0/s1. The van der Waals surface area contributed by atoms with Gasteiger partial charge in [0.2, 0.25) is 0 Å². The van der Waals surface area contributed by atoms with Crippen molar-refractivity contribution in [2.45, 2.75) is 39.5 Å². The van der Waals surface area contributed by atoms with Crippen LogP contribution in [0, 0.1) is 19.8 Å². The number of methoxy groups -OCH3 is 2. The summed E-state index contributed by atoms with van der Waals surface area (Å²) in [6.07, 6.45) is -2.10. The Balaban J connectivity index is 2.59. The van der Waals surface area contributed by atoms with Gasteiger partial charge in [0, 0.05) is 33.2 Å². The molecule has 0 spiro atoms. The average Bonchev–Trinajstić information content (AvgIpc) is 2.83. The number of carboxylic acid groups (broad SMARTS) is 1. The minimum Gasteiger partial charge on any atom is -0.479 e. The van der Waals surface area contributed by atoms with Gasteiger partial charge in [-0.1, -0.05) is 6.92 Å². The molecule has 3 atom stereocenters. The predicted molar refractivity (Wildman–Crippen MR) is 137 cm³/mol. The number of aliphatic carboxylic acids is 1. The highest BCUT2D eigenvalue weighted by atomic mass is 16.7. The van der Waals surface area contributed by atoms with E-state index in [1.54, 1.807) is 6.92 Å². The van der Waals surface area contributed by atoms with Crippen molar-refractivity contribution in [2.24, 2.45) is 5.92 Å². The van der Waals surface area contributed by atoms with Crippen LogP contribution in [0.1, 0.15) is 28.5 Å². The monoisotopic (exact) mass is 522 g/mol. The molecule has 0 aliphatic rings. The fraction of sp³-hybridized carbons (Fsp3) is 0.600. The lowest BCUT2D eigenvalue weighted by Crippen LogP contribution is -2.44. The van der Waals surface area contributed by atoms with Crippen LogP contribution in [-0.2, 0) is 30.3 Å². The Morgan fingerprint density at radius 1 is 1.11 bits per heavy atom. The summed E-state index contributed by atoms with van der Waals surface area (Å²) < 4.78 is 22.5. The summed E-state index contributed by atoms with van der Waals surface area (Å²) in [6, 6.07) is 3.63. The van der Waals surface area contributed by atoms with E-state index < -0.39 is 35.6 Å². The van der Waals surface area contributed by atoms with Crippen molar-refractivity contribution in [1.29, 1.82) is 0 Å². The van der Waals surface area contributed by atoms with Gasteiger partial charge >= 0.3 is 5.97 Å². The van der Waals surface area contributed by atoms with Crippen molar-refractivity contribution in [3.8, 4) is 0 Å². The van der Waals surface area contributed by atoms with Crippen LogP contribution in [0.3, 0.4) is 0 Å². The zero-order valence-electron chi connectivity index (χ0n) is 22.6. The lowest BCUT2D eigenvalue weighted by atomic mass is 9.97. The fourth-order valence-electron chi connectivity index (χ4n) is 3.79. The van der Waals surface area contributed by atoms with E-state index in [-0.39, 0.29) is 25.8 Å². The van der Waals surface area contributed by atoms with Crippen molar-refractivity contribution in [3.05, 3.63) is 39.3 Å². The van der Waals surface area contributed by atoms with Gasteiger partial charge in [-0.05, 0) is 51.2 Å². The number of aromatic nitrogens is 2. The van der Waals surface area contributed by atoms with Gasteiger partial charge in [-0.25, -0.2) is 9.78 Å². The minimum absolute atomic E-state index is 0.0665. The SMILES string of the molecule is COCO[C@@H](Cn1c(=O)c(C(=O)NCCN(C)C)nc2cc(C)c(C)cc21)[C@H](C)[C@H](OCOC)C(=O)O. The number of ether oxygens (including phenoxy) is 4. The number of hydrogen-bond acceptors (Lipinski definition) is 9. The van der Waals surface area contributed by atoms with Gasteiger partial charge in [-0.3, -0.25) is 9.59 Å². The Morgan fingerprint density at radius 3 is 2.32 bits per heavy atom. The molecule has 0 saturated carbocycles. The lowest BCUT2D eigenvalue weighted by Gasteiger charge is -2.29. The van der Waals surface area contributed by atoms with E-state index in [4.69, 9.17) is 18.9 Å². The third kappa shape index (κ3) is 8.04. The summed E-state index contributed by atoms with van der Waals surface area (Å²) in [5.74, 6) is -2.51. The fourth-order valence-corrected chi connectivity index (χ4v) is 3.79. The number of benzene rings is 1. The molecule has 0 bridgehead atoms. The van der Waals surface area contributed by atoms with E-state index in [9.17, 15) is 19.5 Å². The molecule has 0 fully saturated rings. The Labute approximate surface area is 216 Å². The average molecular weight is 523 g/mol. The molecule has 1 aromatic carbocycles. The topological polar surface area (TPSA) is 141 Å². The Bertz CT molecular complexity index is 1130. The third-order valence-electron chi connectivity index (χ3n) is 6.06. The highest BCUT2D eigenvalue weighted by molar-refractivity contribution is 5.94. The molecule has 1 heterocycles. The maximum Gasteiger partial charge on any atom is 0.333 e. The van der Waals surface area contributed by atoms with Crippen molar-refractivity contribution in [1.82, 2.24) is 19.8 Å². The summed E-state index contributed by atoms with van der Waals surface area (Å²) in [4.78, 5) is 44.8. The van der Waals surface area contributed by atoms with E-state index in [0.29, 0.717) is 24.1 Å². The molecule has 12 heteroatoms. The maximum atomic E-state index is 13.6. The summed E-state index contributed by atoms with van der Waals surface area (Å²) >= 11 is 0. The summed E-state index contributed by atoms with van der Waals surface area (Å²) in [5.41, 5.74) is 1.98.